The normalized spacial score (nSPS) is 11.9. The van der Waals surface area contributed by atoms with Gasteiger partial charge < -0.3 is 9.30 Å². The zero-order chi connectivity index (χ0) is 20.4. The number of fused-ring (bicyclic) bond motifs is 2. The fourth-order valence-corrected chi connectivity index (χ4v) is 5.42. The lowest BCUT2D eigenvalue weighted by molar-refractivity contribution is 0.585. The number of benzene rings is 2. The van der Waals surface area contributed by atoms with Crippen molar-refractivity contribution in [2.75, 3.05) is 31.3 Å². The molecule has 0 aliphatic carbocycles. The van der Waals surface area contributed by atoms with Gasteiger partial charge in [-0.05, 0) is 24.3 Å². The van der Waals surface area contributed by atoms with E-state index in [1.54, 1.807) is 12.1 Å². The van der Waals surface area contributed by atoms with Crippen LogP contribution in [0.4, 0.5) is 5.69 Å². The van der Waals surface area contributed by atoms with Crippen LogP contribution in [0.2, 0.25) is 0 Å². The summed E-state index contributed by atoms with van der Waals surface area (Å²) >= 11 is 1.53. The molecule has 4 aromatic rings. The maximum Gasteiger partial charge on any atom is 0.241 e. The molecule has 2 aromatic carbocycles. The molecule has 0 unspecified atom stereocenters. The minimum atomic E-state index is -3.62. The van der Waals surface area contributed by atoms with Crippen LogP contribution in [0.25, 0.3) is 16.4 Å². The fourth-order valence-electron chi connectivity index (χ4n) is 3.28. The van der Waals surface area contributed by atoms with Crippen LogP contribution in [-0.4, -0.2) is 44.2 Å². The Bertz CT molecular complexity index is 1230. The lowest BCUT2D eigenvalue weighted by Gasteiger charge is -2.17. The van der Waals surface area contributed by atoms with Crippen LogP contribution in [0.15, 0.2) is 76.9 Å². The Labute approximate surface area is 174 Å². The summed E-state index contributed by atoms with van der Waals surface area (Å²) in [7, 11) is 0.282. The van der Waals surface area contributed by atoms with Crippen molar-refractivity contribution >= 4 is 43.9 Å². The lowest BCUT2D eigenvalue weighted by atomic mass is 10.1. The molecule has 2 heterocycles. The van der Waals surface area contributed by atoms with Gasteiger partial charge in [-0.2, -0.15) is 0 Å². The van der Waals surface area contributed by atoms with Crippen LogP contribution < -0.4 is 9.62 Å². The van der Waals surface area contributed by atoms with Gasteiger partial charge in [0, 0.05) is 55.2 Å². The largest absolute Gasteiger partial charge is 0.377 e. The van der Waals surface area contributed by atoms with E-state index in [2.05, 4.69) is 9.71 Å². The summed E-state index contributed by atoms with van der Waals surface area (Å²) in [5.74, 6) is 0.594. The average Bonchev–Trinajstić information content (AvgIpc) is 3.13. The molecule has 1 N–H and O–H groups in total. The second-order valence-electron chi connectivity index (χ2n) is 6.81. The summed E-state index contributed by atoms with van der Waals surface area (Å²) in [5.41, 5.74) is 1.87. The van der Waals surface area contributed by atoms with Gasteiger partial charge in [0.2, 0.25) is 10.0 Å². The molecular weight excluding hydrogens is 404 g/mol. The molecule has 0 saturated heterocycles. The molecule has 0 amide bonds. The topological polar surface area (TPSA) is 66.7 Å². The lowest BCUT2D eigenvalue weighted by Crippen LogP contribution is -2.26. The summed E-state index contributed by atoms with van der Waals surface area (Å²) in [6, 6.07) is 16.9. The third-order valence-electron chi connectivity index (χ3n) is 4.62. The van der Waals surface area contributed by atoms with E-state index in [0.29, 0.717) is 17.2 Å². The van der Waals surface area contributed by atoms with Crippen molar-refractivity contribution in [1.29, 1.82) is 0 Å². The first-order valence-electron chi connectivity index (χ1n) is 9.21. The van der Waals surface area contributed by atoms with Gasteiger partial charge in [-0.15, -0.1) is 11.8 Å². The Kier molecular flexibility index (Phi) is 5.49. The van der Waals surface area contributed by atoms with Gasteiger partial charge in [0.25, 0.3) is 0 Å². The summed E-state index contributed by atoms with van der Waals surface area (Å²) in [5, 5.41) is 2.51. The molecule has 0 bridgehead atoms. The molecule has 0 radical (unpaired) electrons. The number of nitrogens with one attached hydrogen (secondary N) is 1. The molecule has 29 heavy (non-hydrogen) atoms. The van der Waals surface area contributed by atoms with E-state index in [-0.39, 0.29) is 0 Å². The number of hydrogen-bond acceptors (Lipinski definition) is 5. The second kappa shape index (κ2) is 8.06. The highest BCUT2D eigenvalue weighted by atomic mass is 32.2. The summed E-state index contributed by atoms with van der Waals surface area (Å²) in [6.45, 7) is 0.324. The van der Waals surface area contributed by atoms with Crippen LogP contribution in [0.3, 0.4) is 0 Å². The number of aromatic nitrogens is 2. The fraction of sp³-hybridized carbons (Fsp3) is 0.190. The van der Waals surface area contributed by atoms with Gasteiger partial charge in [-0.3, -0.25) is 0 Å². The Hall–Kier alpha value is -2.55. The molecular formula is C21H22N4O2S2. The van der Waals surface area contributed by atoms with Crippen molar-refractivity contribution in [3.8, 4) is 0 Å². The number of anilines is 1. The molecule has 0 fully saturated rings. The monoisotopic (exact) mass is 426 g/mol. The van der Waals surface area contributed by atoms with Crippen LogP contribution >= 0.6 is 11.8 Å². The van der Waals surface area contributed by atoms with Crippen molar-refractivity contribution in [2.45, 2.75) is 9.92 Å². The van der Waals surface area contributed by atoms with Crippen LogP contribution in [-0.2, 0) is 10.0 Å². The highest BCUT2D eigenvalue weighted by Crippen LogP contribution is 2.30. The van der Waals surface area contributed by atoms with Gasteiger partial charge in [0.1, 0.15) is 10.7 Å². The number of sulfonamides is 1. The Morgan fingerprint density at radius 1 is 1.03 bits per heavy atom. The summed E-state index contributed by atoms with van der Waals surface area (Å²) in [6.07, 6.45) is 3.89. The quantitative estimate of drug-likeness (QED) is 0.361. The van der Waals surface area contributed by atoms with E-state index in [1.807, 2.05) is 78.3 Å². The first-order valence-corrected chi connectivity index (χ1v) is 11.7. The molecule has 0 spiro atoms. The molecule has 0 aliphatic rings. The number of thioether (sulfide) groups is 1. The van der Waals surface area contributed by atoms with Crippen LogP contribution in [0.1, 0.15) is 0 Å². The zero-order valence-electron chi connectivity index (χ0n) is 16.2. The van der Waals surface area contributed by atoms with Crippen molar-refractivity contribution < 1.29 is 8.42 Å². The van der Waals surface area contributed by atoms with E-state index < -0.39 is 10.0 Å². The number of imidazole rings is 1. The van der Waals surface area contributed by atoms with Gasteiger partial charge in [-0.1, -0.05) is 30.3 Å². The van der Waals surface area contributed by atoms with Crippen molar-refractivity contribution in [1.82, 2.24) is 14.1 Å². The summed E-state index contributed by atoms with van der Waals surface area (Å²) in [4.78, 5) is 6.80. The molecule has 4 rings (SSSR count). The van der Waals surface area contributed by atoms with E-state index in [4.69, 9.17) is 0 Å². The minimum Gasteiger partial charge on any atom is -0.377 e. The average molecular weight is 427 g/mol. The number of pyridine rings is 1. The first kappa shape index (κ1) is 19.8. The molecule has 0 saturated carbocycles. The van der Waals surface area contributed by atoms with Gasteiger partial charge in [0.05, 0.1) is 4.90 Å². The zero-order valence-corrected chi connectivity index (χ0v) is 17.9. The Morgan fingerprint density at radius 2 is 1.83 bits per heavy atom. The smallest absolute Gasteiger partial charge is 0.241 e. The Morgan fingerprint density at radius 3 is 2.62 bits per heavy atom. The van der Waals surface area contributed by atoms with Crippen LogP contribution in [0, 0.1) is 0 Å². The third-order valence-corrected chi connectivity index (χ3v) is 7.04. The number of rotatable bonds is 7. The van der Waals surface area contributed by atoms with Crippen LogP contribution in [0.5, 0.6) is 0 Å². The predicted molar refractivity (Wildman–Crippen MR) is 119 cm³/mol. The first-order chi connectivity index (χ1) is 14.0. The highest BCUT2D eigenvalue weighted by Gasteiger charge is 2.18. The molecule has 2 aromatic heterocycles. The van der Waals surface area contributed by atoms with E-state index >= 15 is 0 Å². The van der Waals surface area contributed by atoms with Crippen molar-refractivity contribution in [3.05, 3.63) is 67.0 Å². The van der Waals surface area contributed by atoms with Crippen molar-refractivity contribution in [3.63, 3.8) is 0 Å². The SMILES string of the molecule is CN(C)c1cccc2c(S(=O)(=O)NCCSc3cn4ccccc4n3)cccc12. The second-order valence-corrected chi connectivity index (χ2v) is 9.66. The molecule has 0 atom stereocenters. The van der Waals surface area contributed by atoms with Gasteiger partial charge in [-0.25, -0.2) is 18.1 Å². The molecule has 0 aliphatic heterocycles. The molecule has 8 heteroatoms. The summed E-state index contributed by atoms with van der Waals surface area (Å²) < 4.78 is 30.5. The number of nitrogens with zero attached hydrogens (tertiary/aromatic N) is 3. The van der Waals surface area contributed by atoms with Gasteiger partial charge in [0.15, 0.2) is 0 Å². The van der Waals surface area contributed by atoms with E-state index in [0.717, 1.165) is 27.1 Å². The standard InChI is InChI=1S/C21H22N4O2S2/c1-24(2)18-9-5-8-17-16(18)7-6-10-19(17)29(26,27)22-12-14-28-21-15-25-13-4-3-11-20(25)23-21/h3-11,13,15,22H,12,14H2,1-2H3. The van der Waals surface area contributed by atoms with Gasteiger partial charge >= 0.3 is 0 Å². The maximum atomic E-state index is 12.9. The van der Waals surface area contributed by atoms with E-state index in [9.17, 15) is 8.42 Å². The molecule has 6 nitrogen and oxygen atoms in total. The predicted octanol–water partition coefficient (Wildman–Crippen LogP) is 3.62. The minimum absolute atomic E-state index is 0.302. The third kappa shape index (κ3) is 4.10. The Balaban J connectivity index is 1.48. The van der Waals surface area contributed by atoms with Crippen molar-refractivity contribution in [2.24, 2.45) is 0 Å². The van der Waals surface area contributed by atoms with E-state index in [1.165, 1.54) is 11.8 Å². The molecule has 150 valence electrons. The highest BCUT2D eigenvalue weighted by molar-refractivity contribution is 7.99. The maximum absolute atomic E-state index is 12.9. The number of hydrogen-bond donors (Lipinski definition) is 1.